The van der Waals surface area contributed by atoms with Crippen LogP contribution < -0.4 is 5.32 Å². The number of para-hydroxylation sites is 1. The first-order valence-electron chi connectivity index (χ1n) is 7.57. The lowest BCUT2D eigenvalue weighted by Crippen LogP contribution is -2.44. The largest absolute Gasteiger partial charge is 0.465 e. The number of ether oxygens (including phenoxy) is 1. The second kappa shape index (κ2) is 7.65. The number of hydrogen-bond acceptors (Lipinski definition) is 4. The van der Waals surface area contributed by atoms with E-state index in [1.54, 1.807) is 18.2 Å². The highest BCUT2D eigenvalue weighted by atomic mass is 19.4. The molecule has 1 aromatic carbocycles. The summed E-state index contributed by atoms with van der Waals surface area (Å²) in [5.41, 5.74) is 0.471. The van der Waals surface area contributed by atoms with E-state index in [9.17, 15) is 22.8 Å². The maximum Gasteiger partial charge on any atom is 0.393 e. The topological polar surface area (TPSA) is 58.6 Å². The number of carbonyl (C=O) groups is 2. The third-order valence-electron chi connectivity index (χ3n) is 3.94. The van der Waals surface area contributed by atoms with Crippen molar-refractivity contribution in [3.8, 4) is 0 Å². The van der Waals surface area contributed by atoms with Crippen molar-refractivity contribution in [2.75, 3.05) is 32.1 Å². The van der Waals surface area contributed by atoms with Gasteiger partial charge in [-0.1, -0.05) is 12.1 Å². The first-order chi connectivity index (χ1) is 11.3. The molecule has 0 aliphatic carbocycles. The molecule has 0 radical (unpaired) electrons. The smallest absolute Gasteiger partial charge is 0.393 e. The number of methoxy groups -OCH3 is 1. The van der Waals surface area contributed by atoms with Crippen molar-refractivity contribution in [2.24, 2.45) is 5.92 Å². The Labute approximate surface area is 137 Å². The highest BCUT2D eigenvalue weighted by Crippen LogP contribution is 2.33. The van der Waals surface area contributed by atoms with E-state index in [0.29, 0.717) is 13.0 Å². The molecule has 0 spiro atoms. The van der Waals surface area contributed by atoms with Gasteiger partial charge >= 0.3 is 12.1 Å². The molecule has 1 aromatic rings. The zero-order chi connectivity index (χ0) is 17.7. The summed E-state index contributed by atoms with van der Waals surface area (Å²) in [6.45, 7) is 0.107. The summed E-state index contributed by atoms with van der Waals surface area (Å²) in [6, 6.07) is 6.31. The molecule has 1 unspecified atom stereocenters. The molecule has 1 saturated heterocycles. The van der Waals surface area contributed by atoms with Crippen LogP contribution in [0.15, 0.2) is 24.3 Å². The molecule has 0 aromatic heterocycles. The summed E-state index contributed by atoms with van der Waals surface area (Å²) in [7, 11) is 1.23. The van der Waals surface area contributed by atoms with E-state index in [1.165, 1.54) is 18.1 Å². The molecule has 1 aliphatic heterocycles. The van der Waals surface area contributed by atoms with E-state index >= 15 is 0 Å². The lowest BCUT2D eigenvalue weighted by molar-refractivity contribution is -0.186. The Hall–Kier alpha value is -2.09. The van der Waals surface area contributed by atoms with E-state index < -0.39 is 24.0 Å². The number of rotatable bonds is 4. The Balaban J connectivity index is 1.98. The van der Waals surface area contributed by atoms with Gasteiger partial charge in [0, 0.05) is 6.54 Å². The Kier molecular flexibility index (Phi) is 5.82. The Morgan fingerprint density at radius 1 is 1.33 bits per heavy atom. The summed E-state index contributed by atoms with van der Waals surface area (Å²) in [5, 5.41) is 2.56. The molecule has 1 fully saturated rings. The van der Waals surface area contributed by atoms with Crippen molar-refractivity contribution in [3.05, 3.63) is 29.8 Å². The molecule has 5 nitrogen and oxygen atoms in total. The van der Waals surface area contributed by atoms with Gasteiger partial charge in [0.2, 0.25) is 5.91 Å². The molecule has 132 valence electrons. The predicted molar refractivity (Wildman–Crippen MR) is 81.6 cm³/mol. The number of anilines is 1. The molecule has 1 aliphatic rings. The zero-order valence-corrected chi connectivity index (χ0v) is 13.2. The second-order valence-electron chi connectivity index (χ2n) is 5.70. The van der Waals surface area contributed by atoms with E-state index in [1.807, 2.05) is 0 Å². The van der Waals surface area contributed by atoms with Gasteiger partial charge < -0.3 is 10.1 Å². The fraction of sp³-hybridized carbons (Fsp3) is 0.500. The average Bonchev–Trinajstić information content (AvgIpc) is 2.54. The molecule has 2 rings (SSSR count). The van der Waals surface area contributed by atoms with Gasteiger partial charge in [-0.05, 0) is 31.5 Å². The minimum absolute atomic E-state index is 0.0901. The van der Waals surface area contributed by atoms with Crippen LogP contribution in [0.3, 0.4) is 0 Å². The van der Waals surface area contributed by atoms with Gasteiger partial charge in [0.15, 0.2) is 0 Å². The highest BCUT2D eigenvalue weighted by molar-refractivity contribution is 6.01. The summed E-state index contributed by atoms with van der Waals surface area (Å²) >= 11 is 0. The molecule has 24 heavy (non-hydrogen) atoms. The zero-order valence-electron chi connectivity index (χ0n) is 13.2. The van der Waals surface area contributed by atoms with Gasteiger partial charge in [0.1, 0.15) is 0 Å². The number of halogens is 3. The van der Waals surface area contributed by atoms with Gasteiger partial charge in [-0.25, -0.2) is 4.79 Å². The van der Waals surface area contributed by atoms with Crippen LogP contribution in [0.5, 0.6) is 0 Å². The van der Waals surface area contributed by atoms with Crippen LogP contribution in [0, 0.1) is 5.92 Å². The van der Waals surface area contributed by atoms with Gasteiger partial charge in [-0.15, -0.1) is 0 Å². The number of amides is 1. The van der Waals surface area contributed by atoms with Crippen LogP contribution >= 0.6 is 0 Å². The van der Waals surface area contributed by atoms with Gasteiger partial charge in [-0.2, -0.15) is 13.2 Å². The minimum atomic E-state index is -4.24. The van der Waals surface area contributed by atoms with E-state index in [-0.39, 0.29) is 30.8 Å². The maximum absolute atomic E-state index is 12.8. The van der Waals surface area contributed by atoms with E-state index in [4.69, 9.17) is 0 Å². The molecule has 1 amide bonds. The van der Waals surface area contributed by atoms with Crippen molar-refractivity contribution < 1.29 is 27.5 Å². The number of alkyl halides is 3. The predicted octanol–water partition coefficient (Wildman–Crippen LogP) is 2.69. The number of esters is 1. The average molecular weight is 344 g/mol. The number of hydrogen-bond donors (Lipinski definition) is 1. The number of nitrogens with zero attached hydrogens (tertiary/aromatic N) is 1. The third kappa shape index (κ3) is 4.70. The summed E-state index contributed by atoms with van der Waals surface area (Å²) in [5.74, 6) is -2.46. The molecule has 0 saturated carbocycles. The monoisotopic (exact) mass is 344 g/mol. The van der Waals surface area contributed by atoms with Crippen LogP contribution in [-0.4, -0.2) is 49.7 Å². The van der Waals surface area contributed by atoms with Crippen LogP contribution in [0.4, 0.5) is 18.9 Å². The maximum atomic E-state index is 12.8. The molecule has 1 atom stereocenters. The fourth-order valence-corrected chi connectivity index (χ4v) is 2.74. The molecule has 0 bridgehead atoms. The van der Waals surface area contributed by atoms with Gasteiger partial charge in [-0.3, -0.25) is 9.69 Å². The van der Waals surface area contributed by atoms with Crippen LogP contribution in [0.1, 0.15) is 23.2 Å². The second-order valence-corrected chi connectivity index (χ2v) is 5.70. The minimum Gasteiger partial charge on any atom is -0.465 e. The Morgan fingerprint density at radius 3 is 2.71 bits per heavy atom. The summed E-state index contributed by atoms with van der Waals surface area (Å²) < 4.78 is 43.0. The number of piperidine rings is 1. The van der Waals surface area contributed by atoms with E-state index in [2.05, 4.69) is 10.1 Å². The van der Waals surface area contributed by atoms with Crippen molar-refractivity contribution in [1.82, 2.24) is 4.90 Å². The van der Waals surface area contributed by atoms with Crippen molar-refractivity contribution in [2.45, 2.75) is 19.0 Å². The third-order valence-corrected chi connectivity index (χ3v) is 3.94. The lowest BCUT2D eigenvalue weighted by atomic mass is 9.97. The summed E-state index contributed by atoms with van der Waals surface area (Å²) in [6.07, 6.45) is -3.75. The van der Waals surface area contributed by atoms with Crippen LogP contribution in [-0.2, 0) is 9.53 Å². The number of carbonyl (C=O) groups excluding carboxylic acids is 2. The Bertz CT molecular complexity index is 604. The fourth-order valence-electron chi connectivity index (χ4n) is 2.74. The quantitative estimate of drug-likeness (QED) is 0.853. The number of benzene rings is 1. The van der Waals surface area contributed by atoms with Crippen LogP contribution in [0.25, 0.3) is 0 Å². The van der Waals surface area contributed by atoms with Crippen molar-refractivity contribution >= 4 is 17.6 Å². The lowest BCUT2D eigenvalue weighted by Gasteiger charge is -2.33. The standard InChI is InChI=1S/C16H19F3N2O3/c1-24-15(23)12-6-2-3-7-13(12)20-14(22)10-21-8-4-5-11(9-21)16(17,18)19/h2-3,6-7,11H,4-5,8-10H2,1H3,(H,20,22). The van der Waals surface area contributed by atoms with Gasteiger partial charge in [0.25, 0.3) is 0 Å². The highest BCUT2D eigenvalue weighted by Gasteiger charge is 2.41. The molecule has 1 heterocycles. The van der Waals surface area contributed by atoms with Crippen molar-refractivity contribution in [3.63, 3.8) is 0 Å². The summed E-state index contributed by atoms with van der Waals surface area (Å²) in [4.78, 5) is 25.2. The van der Waals surface area contributed by atoms with Crippen molar-refractivity contribution in [1.29, 1.82) is 0 Å². The first-order valence-corrected chi connectivity index (χ1v) is 7.57. The normalized spacial score (nSPS) is 18.9. The molecular weight excluding hydrogens is 325 g/mol. The Morgan fingerprint density at radius 2 is 2.04 bits per heavy atom. The molecular formula is C16H19F3N2O3. The van der Waals surface area contributed by atoms with Crippen LogP contribution in [0.2, 0.25) is 0 Å². The molecule has 1 N–H and O–H groups in total. The number of likely N-dealkylation sites (tertiary alicyclic amines) is 1. The molecule has 8 heteroatoms. The van der Waals surface area contributed by atoms with E-state index in [0.717, 1.165) is 0 Å². The number of nitrogens with one attached hydrogen (secondary N) is 1. The SMILES string of the molecule is COC(=O)c1ccccc1NC(=O)CN1CCCC(C(F)(F)F)C1. The van der Waals surface area contributed by atoms with Gasteiger partial charge in [0.05, 0.1) is 30.8 Å². The first kappa shape index (κ1) is 18.3.